The van der Waals surface area contributed by atoms with Crippen LogP contribution in [0.15, 0.2) is 0 Å². The van der Waals surface area contributed by atoms with E-state index in [4.69, 9.17) is 14.0 Å². The van der Waals surface area contributed by atoms with E-state index < -0.39 is 7.32 Å². The summed E-state index contributed by atoms with van der Waals surface area (Å²) in [5.41, 5.74) is 0. The molecule has 0 heterocycles. The first-order valence-corrected chi connectivity index (χ1v) is 24.7. The van der Waals surface area contributed by atoms with E-state index >= 15 is 0 Å². The molecular weight excluding hydrogens is 658 g/mol. The van der Waals surface area contributed by atoms with Gasteiger partial charge in [-0.2, -0.15) is 0 Å². The molecule has 5 heteroatoms. The summed E-state index contributed by atoms with van der Waals surface area (Å²) >= 11 is 0. The number of rotatable bonds is 48. The molecule has 314 valence electrons. The summed E-state index contributed by atoms with van der Waals surface area (Å²) < 4.78 is 18.4. The van der Waals surface area contributed by atoms with E-state index in [2.05, 4.69) is 20.8 Å². The standard InChI is InChI=1S/C48H99BO3.Na.H/c1-4-7-10-13-16-19-22-25-28-31-34-37-40-43-46-50-49(51-47-44-41-38-35-32-29-26-23-20-17-14-11-8-5-2)52-48-45-42-39-36-33-30-27-24-21-18-15-12-9-6-3;;/h4-48H2,1-3H3;;. The molecule has 0 radical (unpaired) electrons. The Hall–Kier alpha value is 0.945. The summed E-state index contributed by atoms with van der Waals surface area (Å²) in [6.07, 6.45) is 58.2. The second-order valence-corrected chi connectivity index (χ2v) is 16.7. The molecule has 0 amide bonds. The van der Waals surface area contributed by atoms with Crippen molar-refractivity contribution in [3.05, 3.63) is 0 Å². The molecule has 0 aliphatic rings. The number of unbranched alkanes of at least 4 members (excludes halogenated alkanes) is 39. The van der Waals surface area contributed by atoms with Gasteiger partial charge >= 0.3 is 36.9 Å². The maximum absolute atomic E-state index is 6.14. The fraction of sp³-hybridized carbons (Fsp3) is 1.00. The van der Waals surface area contributed by atoms with Crippen LogP contribution in [0.2, 0.25) is 0 Å². The molecule has 0 aromatic rings. The van der Waals surface area contributed by atoms with Crippen LogP contribution < -0.4 is 0 Å². The molecule has 0 bridgehead atoms. The molecule has 0 saturated heterocycles. The van der Waals surface area contributed by atoms with Gasteiger partial charge in [-0.3, -0.25) is 0 Å². The van der Waals surface area contributed by atoms with Gasteiger partial charge in [0.2, 0.25) is 0 Å². The van der Waals surface area contributed by atoms with E-state index in [9.17, 15) is 0 Å². The van der Waals surface area contributed by atoms with Crippen LogP contribution in [0.5, 0.6) is 0 Å². The molecular formula is C48H100BNaO3. The normalized spacial score (nSPS) is 11.4. The molecule has 53 heavy (non-hydrogen) atoms. The van der Waals surface area contributed by atoms with Gasteiger partial charge in [-0.15, -0.1) is 0 Å². The van der Waals surface area contributed by atoms with Crippen molar-refractivity contribution in [2.45, 2.75) is 290 Å². The third-order valence-corrected chi connectivity index (χ3v) is 11.3. The van der Waals surface area contributed by atoms with Crippen LogP contribution in [0.25, 0.3) is 0 Å². The van der Waals surface area contributed by atoms with Crippen molar-refractivity contribution in [2.24, 2.45) is 0 Å². The molecule has 0 aromatic carbocycles. The van der Waals surface area contributed by atoms with Crippen molar-refractivity contribution in [1.82, 2.24) is 0 Å². The summed E-state index contributed by atoms with van der Waals surface area (Å²) in [7, 11) is -0.467. The Kier molecular flexibility index (Phi) is 56.0. The molecule has 0 fully saturated rings. The van der Waals surface area contributed by atoms with Crippen molar-refractivity contribution >= 4 is 36.9 Å². The predicted molar refractivity (Wildman–Crippen MR) is 242 cm³/mol. The van der Waals surface area contributed by atoms with E-state index in [1.807, 2.05) is 0 Å². The zero-order valence-electron chi connectivity index (χ0n) is 36.6. The van der Waals surface area contributed by atoms with Crippen molar-refractivity contribution in [3.8, 4) is 0 Å². The Morgan fingerprint density at radius 3 is 0.491 bits per heavy atom. The van der Waals surface area contributed by atoms with Gasteiger partial charge in [0.05, 0.1) is 0 Å². The Morgan fingerprint density at radius 2 is 0.340 bits per heavy atom. The van der Waals surface area contributed by atoms with Crippen LogP contribution in [0.1, 0.15) is 290 Å². The van der Waals surface area contributed by atoms with Gasteiger partial charge in [-0.1, -0.05) is 271 Å². The minimum absolute atomic E-state index is 0. The van der Waals surface area contributed by atoms with Gasteiger partial charge in [-0.25, -0.2) is 0 Å². The molecule has 0 aromatic heterocycles. The molecule has 0 saturated carbocycles. The molecule has 0 N–H and O–H groups in total. The molecule has 0 aliphatic heterocycles. The summed E-state index contributed by atoms with van der Waals surface area (Å²) in [4.78, 5) is 0. The SMILES string of the molecule is CCCCCCCCCCCCCCCCOB(OCCCCCCCCCCCCCCCC)OCCCCCCCCCCCCCCCC.[NaH]. The first-order chi connectivity index (χ1) is 25.8. The molecule has 3 nitrogen and oxygen atoms in total. The Bertz CT molecular complexity index is 529. The van der Waals surface area contributed by atoms with Gasteiger partial charge < -0.3 is 14.0 Å². The Balaban J connectivity index is 0. The van der Waals surface area contributed by atoms with Gasteiger partial charge in [0, 0.05) is 19.8 Å². The second kappa shape index (κ2) is 52.9. The van der Waals surface area contributed by atoms with Crippen LogP contribution in [0, 0.1) is 0 Å². The van der Waals surface area contributed by atoms with Gasteiger partial charge in [-0.05, 0) is 19.3 Å². The fourth-order valence-electron chi connectivity index (χ4n) is 7.57. The van der Waals surface area contributed by atoms with Crippen molar-refractivity contribution in [3.63, 3.8) is 0 Å². The quantitative estimate of drug-likeness (QED) is 0.0457. The van der Waals surface area contributed by atoms with Gasteiger partial charge in [0.1, 0.15) is 0 Å². The van der Waals surface area contributed by atoms with E-state index in [1.54, 1.807) is 0 Å². The fourth-order valence-corrected chi connectivity index (χ4v) is 7.57. The first kappa shape index (κ1) is 56.0. The molecule has 0 aliphatic carbocycles. The van der Waals surface area contributed by atoms with Crippen LogP contribution >= 0.6 is 0 Å². The van der Waals surface area contributed by atoms with Crippen molar-refractivity contribution in [1.29, 1.82) is 0 Å². The maximum atomic E-state index is 6.14. The van der Waals surface area contributed by atoms with E-state index in [0.717, 1.165) is 39.1 Å². The summed E-state index contributed by atoms with van der Waals surface area (Å²) in [5, 5.41) is 0. The Morgan fingerprint density at radius 1 is 0.208 bits per heavy atom. The third-order valence-electron chi connectivity index (χ3n) is 11.3. The summed E-state index contributed by atoms with van der Waals surface area (Å²) in [6.45, 7) is 9.20. The zero-order chi connectivity index (χ0) is 37.5. The van der Waals surface area contributed by atoms with Gasteiger partial charge in [0.25, 0.3) is 0 Å². The molecule has 0 rings (SSSR count). The zero-order valence-corrected chi connectivity index (χ0v) is 36.6. The van der Waals surface area contributed by atoms with E-state index in [-0.39, 0.29) is 29.6 Å². The second-order valence-electron chi connectivity index (χ2n) is 16.7. The van der Waals surface area contributed by atoms with Gasteiger partial charge in [0.15, 0.2) is 0 Å². The monoisotopic (exact) mass is 759 g/mol. The van der Waals surface area contributed by atoms with E-state index in [1.165, 1.54) is 250 Å². The number of hydrogen-bond donors (Lipinski definition) is 0. The number of hydrogen-bond acceptors (Lipinski definition) is 3. The van der Waals surface area contributed by atoms with Crippen molar-refractivity contribution in [2.75, 3.05) is 19.8 Å². The molecule has 0 atom stereocenters. The average Bonchev–Trinajstić information content (AvgIpc) is 3.15. The summed E-state index contributed by atoms with van der Waals surface area (Å²) in [6, 6.07) is 0. The molecule has 0 spiro atoms. The van der Waals surface area contributed by atoms with Crippen LogP contribution in [0.3, 0.4) is 0 Å². The van der Waals surface area contributed by atoms with E-state index in [0.29, 0.717) is 0 Å². The van der Waals surface area contributed by atoms with Crippen LogP contribution in [-0.2, 0) is 14.0 Å². The third kappa shape index (κ3) is 50.9. The first-order valence-electron chi connectivity index (χ1n) is 24.7. The molecule has 0 unspecified atom stereocenters. The minimum atomic E-state index is -0.467. The van der Waals surface area contributed by atoms with Crippen molar-refractivity contribution < 1.29 is 14.0 Å². The predicted octanol–water partition coefficient (Wildman–Crippen LogP) is 16.8. The average molecular weight is 759 g/mol. The topological polar surface area (TPSA) is 27.7 Å². The van der Waals surface area contributed by atoms with Crippen LogP contribution in [-0.4, -0.2) is 56.7 Å². The Labute approximate surface area is 359 Å². The van der Waals surface area contributed by atoms with Crippen LogP contribution in [0.4, 0.5) is 0 Å². The summed E-state index contributed by atoms with van der Waals surface area (Å²) in [5.74, 6) is 0.